The molecule has 2 amide bonds. The Balaban J connectivity index is 0.000000203. The zero-order valence-electron chi connectivity index (χ0n) is 36.9. The minimum Gasteiger partial charge on any atom is -0.353 e. The third-order valence-corrected chi connectivity index (χ3v) is 11.4. The monoisotopic (exact) mass is 1030 g/mol. The van der Waals surface area contributed by atoms with Gasteiger partial charge in [-0.2, -0.15) is 5.10 Å². The summed E-state index contributed by atoms with van der Waals surface area (Å²) in [5, 5.41) is 17.1. The number of anilines is 7. The predicted octanol–water partition coefficient (Wildman–Crippen LogP) is 8.54. The van der Waals surface area contributed by atoms with Gasteiger partial charge in [0, 0.05) is 53.0 Å². The van der Waals surface area contributed by atoms with Crippen molar-refractivity contribution in [2.45, 2.75) is 59.5 Å². The Labute approximate surface area is 396 Å². The van der Waals surface area contributed by atoms with E-state index in [0.717, 1.165) is 11.5 Å². The molecule has 5 N–H and O–H groups in total. The first kappa shape index (κ1) is 47.1. The van der Waals surface area contributed by atoms with Gasteiger partial charge in [0.2, 0.25) is 5.91 Å². The number of rotatable bonds is 12. The molecule has 1 fully saturated rings. The molecule has 342 valence electrons. The topological polar surface area (TPSA) is 200 Å². The molecule has 0 radical (unpaired) electrons. The number of carbonyl (C=O) groups is 2. The minimum absolute atomic E-state index is 0.0804. The summed E-state index contributed by atoms with van der Waals surface area (Å²) in [6.45, 7) is 8.98. The highest BCUT2D eigenvalue weighted by molar-refractivity contribution is 14.1. The largest absolute Gasteiger partial charge is 0.353 e. The van der Waals surface area contributed by atoms with Crippen LogP contribution in [0.3, 0.4) is 0 Å². The lowest BCUT2D eigenvalue weighted by Crippen LogP contribution is -2.41. The molecule has 1 aliphatic carbocycles. The summed E-state index contributed by atoms with van der Waals surface area (Å²) in [6, 6.07) is 21.9. The number of carbonyl (C=O) groups excluding carboxylic acids is 2. The van der Waals surface area contributed by atoms with Gasteiger partial charge in [-0.1, -0.05) is 29.8 Å². The van der Waals surface area contributed by atoms with Crippen molar-refractivity contribution in [1.82, 2.24) is 33.9 Å². The number of aromatic nitrogens is 6. The fraction of sp³-hybridized carbons (Fsp3) is 0.239. The van der Waals surface area contributed by atoms with Crippen LogP contribution in [0, 0.1) is 23.2 Å². The summed E-state index contributed by atoms with van der Waals surface area (Å²) in [7, 11) is 2.88. The molecule has 0 unspecified atom stereocenters. The normalized spacial score (nSPS) is 12.1. The highest BCUT2D eigenvalue weighted by Crippen LogP contribution is 2.35. The first-order valence-corrected chi connectivity index (χ1v) is 22.1. The van der Waals surface area contributed by atoms with Crippen molar-refractivity contribution in [1.29, 1.82) is 0 Å². The zero-order valence-corrected chi connectivity index (χ0v) is 39.8. The van der Waals surface area contributed by atoms with Crippen LogP contribution in [0.5, 0.6) is 0 Å². The third kappa shape index (κ3) is 10.0. The Hall–Kier alpha value is -6.84. The molecule has 1 aliphatic rings. The van der Waals surface area contributed by atoms with E-state index < -0.39 is 22.6 Å². The van der Waals surface area contributed by atoms with E-state index in [-0.39, 0.29) is 51.9 Å². The van der Waals surface area contributed by atoms with Gasteiger partial charge >= 0.3 is 5.69 Å². The van der Waals surface area contributed by atoms with E-state index in [1.54, 1.807) is 67.7 Å². The fourth-order valence-corrected chi connectivity index (χ4v) is 7.92. The lowest BCUT2D eigenvalue weighted by Gasteiger charge is -2.21. The van der Waals surface area contributed by atoms with Gasteiger partial charge in [-0.05, 0) is 112 Å². The summed E-state index contributed by atoms with van der Waals surface area (Å²) in [6.07, 6.45) is 2.89. The van der Waals surface area contributed by atoms with Crippen LogP contribution in [0.15, 0.2) is 99.4 Å². The lowest BCUT2D eigenvalue weighted by molar-refractivity contribution is -0.114. The predicted molar refractivity (Wildman–Crippen MR) is 263 cm³/mol. The molecule has 7 aromatic rings. The van der Waals surface area contributed by atoms with Crippen molar-refractivity contribution in [2.75, 3.05) is 28.4 Å². The number of amides is 2. The maximum atomic E-state index is 14.8. The molecule has 3 aromatic carbocycles. The van der Waals surface area contributed by atoms with Gasteiger partial charge in [-0.25, -0.2) is 24.3 Å². The Kier molecular flexibility index (Phi) is 14.1. The number of para-hydroxylation sites is 1. The van der Waals surface area contributed by atoms with Crippen molar-refractivity contribution in [3.63, 3.8) is 0 Å². The number of fused-ring (bicyclic) bond motifs is 1. The number of hydrogen-bond acceptors (Lipinski definition) is 11. The molecule has 0 atom stereocenters. The van der Waals surface area contributed by atoms with Gasteiger partial charge in [-0.3, -0.25) is 37.7 Å². The molecule has 66 heavy (non-hydrogen) atoms. The first-order valence-electron chi connectivity index (χ1n) is 20.7. The minimum atomic E-state index is -0.581. The van der Waals surface area contributed by atoms with Gasteiger partial charge in [0.05, 0.1) is 57.9 Å². The Bertz CT molecular complexity index is 3220. The second-order valence-corrected chi connectivity index (χ2v) is 17.4. The molecular weight excluding hydrogens is 984 g/mol. The Morgan fingerprint density at radius 3 is 2.33 bits per heavy atom. The maximum absolute atomic E-state index is 14.8. The van der Waals surface area contributed by atoms with Gasteiger partial charge in [0.1, 0.15) is 28.7 Å². The van der Waals surface area contributed by atoms with E-state index >= 15 is 0 Å². The van der Waals surface area contributed by atoms with E-state index in [0.29, 0.717) is 55.6 Å². The van der Waals surface area contributed by atoms with E-state index in [4.69, 9.17) is 16.4 Å². The fourth-order valence-electron chi connectivity index (χ4n) is 7.32. The third-order valence-electron chi connectivity index (χ3n) is 10.5. The zero-order chi connectivity index (χ0) is 47.6. The maximum Gasteiger partial charge on any atom is 0.336 e. The quantitative estimate of drug-likeness (QED) is 0.0580. The average Bonchev–Trinajstić information content (AvgIpc) is 4.03. The van der Waals surface area contributed by atoms with Crippen LogP contribution < -0.4 is 43.6 Å². The number of pyridine rings is 2. The van der Waals surface area contributed by atoms with E-state index in [9.17, 15) is 28.4 Å². The molecule has 0 aliphatic heterocycles. The number of halogens is 3. The van der Waals surface area contributed by atoms with Crippen molar-refractivity contribution in [3.8, 4) is 5.69 Å². The molecular formula is C46H46ClFIN11O6. The summed E-state index contributed by atoms with van der Waals surface area (Å²) >= 11 is 8.32. The summed E-state index contributed by atoms with van der Waals surface area (Å²) < 4.78 is 21.2. The number of benzene rings is 3. The second kappa shape index (κ2) is 19.7. The summed E-state index contributed by atoms with van der Waals surface area (Å²) in [5.74, 6) is 0.309. The Morgan fingerprint density at radius 2 is 1.65 bits per heavy atom. The number of aryl methyl sites for hydroxylation is 2. The van der Waals surface area contributed by atoms with Crippen molar-refractivity contribution in [2.24, 2.45) is 7.05 Å². The average molecular weight is 1030 g/mol. The molecule has 17 nitrogen and oxygen atoms in total. The van der Waals surface area contributed by atoms with Crippen LogP contribution in [0.1, 0.15) is 67.3 Å². The van der Waals surface area contributed by atoms with Crippen LogP contribution >= 0.6 is 34.2 Å². The van der Waals surface area contributed by atoms with Crippen LogP contribution in [0.4, 0.5) is 44.6 Å². The van der Waals surface area contributed by atoms with Crippen molar-refractivity contribution in [3.05, 3.63) is 147 Å². The van der Waals surface area contributed by atoms with Crippen LogP contribution in [-0.2, 0) is 16.7 Å². The first-order chi connectivity index (χ1) is 31.5. The van der Waals surface area contributed by atoms with Gasteiger partial charge in [0.15, 0.2) is 0 Å². The van der Waals surface area contributed by atoms with Crippen molar-refractivity contribution >= 4 is 97.1 Å². The molecule has 4 heterocycles. The second-order valence-electron chi connectivity index (χ2n) is 15.8. The van der Waals surface area contributed by atoms with E-state index in [1.807, 2.05) is 46.3 Å². The number of hydrogen-bond donors (Lipinski definition) is 5. The lowest BCUT2D eigenvalue weighted by atomic mass is 10.1. The SMILES string of the molecule is CC(=O)Nc1cccc(-n2c(=O)n(C3CC3)c(=O)c3c(Nc4ccc(I)cc4F)n(C)c(=O)c(C)c32)c1.CONC(=O)c1ccccc1Nc1cc(Nc2cc(C)nn2C(C)C)ncc1Cl. The Morgan fingerprint density at radius 1 is 0.909 bits per heavy atom. The highest BCUT2D eigenvalue weighted by atomic mass is 127. The highest BCUT2D eigenvalue weighted by Gasteiger charge is 2.32. The van der Waals surface area contributed by atoms with Crippen LogP contribution in [-0.4, -0.2) is 47.4 Å². The summed E-state index contributed by atoms with van der Waals surface area (Å²) in [5.41, 5.74) is 4.49. The summed E-state index contributed by atoms with van der Waals surface area (Å²) in [4.78, 5) is 73.9. The van der Waals surface area contributed by atoms with Crippen molar-refractivity contribution < 1.29 is 18.8 Å². The molecule has 8 rings (SSSR count). The molecule has 1 saturated carbocycles. The standard InChI is InChI=1S/C26H23FIN5O4.C20H23ClN6O2/c1-13-22-21(23(31(3)24(13)35)30-20-10-7-15(28)11-19(20)27)25(36)33(17-8-9-17)26(37)32(22)18-6-4-5-16(12-18)29-14(2)34;1-12(2)27-19(9-13(3)25-27)24-18-10-17(15(21)11-22-18)23-16-8-6-5-7-14(16)20(28)26-29-4/h4-7,10-12,17,30H,8-9H2,1-3H3,(H,29,34);5-12H,1-4H3,(H,26,28)(H2,22,23,24). The number of hydroxylamine groups is 1. The molecule has 4 aromatic heterocycles. The smallest absolute Gasteiger partial charge is 0.336 e. The van der Waals surface area contributed by atoms with Crippen LogP contribution in [0.2, 0.25) is 5.02 Å². The van der Waals surface area contributed by atoms with E-state index in [1.165, 1.54) is 46.9 Å². The van der Waals surface area contributed by atoms with Gasteiger partial charge < -0.3 is 21.3 Å². The molecule has 0 spiro atoms. The van der Waals surface area contributed by atoms with Gasteiger partial charge in [0.25, 0.3) is 17.0 Å². The van der Waals surface area contributed by atoms with Gasteiger partial charge in [-0.15, -0.1) is 0 Å². The van der Waals surface area contributed by atoms with E-state index in [2.05, 4.69) is 50.7 Å². The number of nitrogens with one attached hydrogen (secondary N) is 5. The van der Waals surface area contributed by atoms with Crippen LogP contribution in [0.25, 0.3) is 16.6 Å². The number of nitrogens with zero attached hydrogens (tertiary/aromatic N) is 6. The molecule has 0 saturated heterocycles. The molecule has 20 heteroatoms. The molecule has 0 bridgehead atoms.